The van der Waals surface area contributed by atoms with Crippen molar-refractivity contribution in [2.75, 3.05) is 11.9 Å². The Bertz CT molecular complexity index is 1180. The highest BCUT2D eigenvalue weighted by molar-refractivity contribution is 6.04. The minimum absolute atomic E-state index is 0.0852. The second-order valence-corrected chi connectivity index (χ2v) is 7.84. The molecule has 8 heteroatoms. The predicted molar refractivity (Wildman–Crippen MR) is 124 cm³/mol. The summed E-state index contributed by atoms with van der Waals surface area (Å²) in [6.07, 6.45) is -1.53. The fraction of sp³-hybridized carbons (Fsp3) is 0.192. The molecule has 0 radical (unpaired) electrons. The summed E-state index contributed by atoms with van der Waals surface area (Å²) in [6, 6.07) is 20.4. The van der Waals surface area contributed by atoms with Gasteiger partial charge in [0.1, 0.15) is 5.82 Å². The maximum absolute atomic E-state index is 13.3. The van der Waals surface area contributed by atoms with Crippen molar-refractivity contribution in [3.8, 4) is 0 Å². The van der Waals surface area contributed by atoms with Gasteiger partial charge < -0.3 is 15.4 Å². The Morgan fingerprint density at radius 3 is 2.44 bits per heavy atom. The summed E-state index contributed by atoms with van der Waals surface area (Å²) in [5.74, 6) is -1.03. The van der Waals surface area contributed by atoms with E-state index in [1.165, 1.54) is 17.0 Å². The molecule has 4 rings (SSSR count). The van der Waals surface area contributed by atoms with E-state index in [1.54, 1.807) is 67.6 Å². The fourth-order valence-electron chi connectivity index (χ4n) is 3.86. The zero-order valence-electron chi connectivity index (χ0n) is 18.5. The SMILES string of the molecule is CCNC(=O)[C@@H]1[C@@H](c2cccc(NC(=O)c3ccccc3)c2)OC(=O)N1Cc1ccc(F)cc1. The largest absolute Gasteiger partial charge is 0.438 e. The number of hydrogen-bond donors (Lipinski definition) is 2. The molecule has 0 bridgehead atoms. The van der Waals surface area contributed by atoms with Crippen LogP contribution in [0.2, 0.25) is 0 Å². The zero-order chi connectivity index (χ0) is 24.1. The van der Waals surface area contributed by atoms with E-state index in [0.717, 1.165) is 0 Å². The summed E-state index contributed by atoms with van der Waals surface area (Å²) in [6.45, 7) is 2.25. The molecule has 0 aromatic heterocycles. The molecule has 2 atom stereocenters. The molecular weight excluding hydrogens is 437 g/mol. The monoisotopic (exact) mass is 461 g/mol. The van der Waals surface area contributed by atoms with Gasteiger partial charge in [-0.1, -0.05) is 42.5 Å². The molecule has 0 aliphatic carbocycles. The third kappa shape index (κ3) is 5.06. The average Bonchev–Trinajstić information content (AvgIpc) is 3.17. The van der Waals surface area contributed by atoms with E-state index in [0.29, 0.717) is 28.9 Å². The molecule has 1 aliphatic heterocycles. The Hall–Kier alpha value is -4.20. The molecule has 3 aromatic rings. The van der Waals surface area contributed by atoms with Crippen molar-refractivity contribution >= 4 is 23.6 Å². The zero-order valence-corrected chi connectivity index (χ0v) is 18.5. The van der Waals surface area contributed by atoms with Gasteiger partial charge in [0, 0.05) is 17.8 Å². The predicted octanol–water partition coefficient (Wildman–Crippen LogP) is 4.28. The standard InChI is InChI=1S/C26H24FN3O4/c1-2-28-25(32)22-23(34-26(33)30(22)16-17-11-13-20(27)14-12-17)19-9-6-10-21(15-19)29-24(31)18-7-4-3-5-8-18/h3-15,22-23H,2,16H2,1H3,(H,28,32)(H,29,31)/t22-,23+/m0/s1. The molecule has 1 saturated heterocycles. The molecule has 174 valence electrons. The number of nitrogens with one attached hydrogen (secondary N) is 2. The lowest BCUT2D eigenvalue weighted by molar-refractivity contribution is -0.126. The molecule has 0 unspecified atom stereocenters. The summed E-state index contributed by atoms with van der Waals surface area (Å²) in [4.78, 5) is 39.6. The number of anilines is 1. The maximum atomic E-state index is 13.3. The Morgan fingerprint density at radius 1 is 1.00 bits per heavy atom. The molecule has 3 aromatic carbocycles. The highest BCUT2D eigenvalue weighted by atomic mass is 19.1. The number of nitrogens with zero attached hydrogens (tertiary/aromatic N) is 1. The van der Waals surface area contributed by atoms with Crippen LogP contribution in [0.3, 0.4) is 0 Å². The molecule has 0 saturated carbocycles. The van der Waals surface area contributed by atoms with Crippen molar-refractivity contribution in [3.05, 3.63) is 101 Å². The molecule has 0 spiro atoms. The highest BCUT2D eigenvalue weighted by Crippen LogP contribution is 2.35. The second kappa shape index (κ2) is 10.2. The van der Waals surface area contributed by atoms with E-state index in [1.807, 2.05) is 6.07 Å². The number of ether oxygens (including phenoxy) is 1. The number of cyclic esters (lactones) is 1. The van der Waals surface area contributed by atoms with Crippen LogP contribution in [-0.4, -0.2) is 35.4 Å². The average molecular weight is 461 g/mol. The lowest BCUT2D eigenvalue weighted by atomic mass is 10.00. The number of halogens is 1. The van der Waals surface area contributed by atoms with E-state index in [2.05, 4.69) is 10.6 Å². The van der Waals surface area contributed by atoms with Crippen LogP contribution >= 0.6 is 0 Å². The number of carbonyl (C=O) groups excluding carboxylic acids is 3. The van der Waals surface area contributed by atoms with Gasteiger partial charge >= 0.3 is 6.09 Å². The van der Waals surface area contributed by atoms with Crippen LogP contribution in [0.15, 0.2) is 78.9 Å². The first kappa shape index (κ1) is 23.0. The molecule has 2 N–H and O–H groups in total. The Kier molecular flexibility index (Phi) is 6.87. The maximum Gasteiger partial charge on any atom is 0.411 e. The van der Waals surface area contributed by atoms with Gasteiger partial charge in [-0.05, 0) is 54.4 Å². The quantitative estimate of drug-likeness (QED) is 0.550. The summed E-state index contributed by atoms with van der Waals surface area (Å²) in [5, 5.41) is 5.59. The molecule has 34 heavy (non-hydrogen) atoms. The van der Waals surface area contributed by atoms with Gasteiger partial charge in [-0.15, -0.1) is 0 Å². The van der Waals surface area contributed by atoms with Crippen molar-refractivity contribution in [1.82, 2.24) is 10.2 Å². The number of rotatable bonds is 7. The minimum Gasteiger partial charge on any atom is -0.438 e. The normalized spacial score (nSPS) is 17.2. The highest BCUT2D eigenvalue weighted by Gasteiger charge is 2.46. The van der Waals surface area contributed by atoms with Gasteiger partial charge in [-0.2, -0.15) is 0 Å². The number of likely N-dealkylation sites (N-methyl/N-ethyl adjacent to an activating group) is 1. The minimum atomic E-state index is -0.933. The summed E-state index contributed by atoms with van der Waals surface area (Å²) in [5.41, 5.74) is 2.24. The van der Waals surface area contributed by atoms with Crippen molar-refractivity contribution in [1.29, 1.82) is 0 Å². The van der Waals surface area contributed by atoms with Crippen molar-refractivity contribution in [2.45, 2.75) is 25.6 Å². The van der Waals surface area contributed by atoms with Crippen LogP contribution in [0, 0.1) is 5.82 Å². The Morgan fingerprint density at radius 2 is 1.74 bits per heavy atom. The number of benzene rings is 3. The van der Waals surface area contributed by atoms with E-state index in [9.17, 15) is 18.8 Å². The van der Waals surface area contributed by atoms with Crippen LogP contribution in [0.4, 0.5) is 14.9 Å². The molecular formula is C26H24FN3O4. The summed E-state index contributed by atoms with van der Waals surface area (Å²) in [7, 11) is 0. The van der Waals surface area contributed by atoms with Gasteiger partial charge in [0.15, 0.2) is 12.1 Å². The lowest BCUT2D eigenvalue weighted by Gasteiger charge is -2.24. The van der Waals surface area contributed by atoms with E-state index in [4.69, 9.17) is 4.74 Å². The molecule has 1 fully saturated rings. The molecule has 3 amide bonds. The van der Waals surface area contributed by atoms with E-state index in [-0.39, 0.29) is 24.2 Å². The number of hydrogen-bond acceptors (Lipinski definition) is 4. The van der Waals surface area contributed by atoms with Gasteiger partial charge in [-0.3, -0.25) is 14.5 Å². The van der Waals surface area contributed by atoms with Crippen molar-refractivity contribution < 1.29 is 23.5 Å². The first-order chi connectivity index (χ1) is 16.5. The molecule has 1 aliphatic rings. The summed E-state index contributed by atoms with van der Waals surface area (Å²) < 4.78 is 18.9. The van der Waals surface area contributed by atoms with Gasteiger partial charge in [0.2, 0.25) is 5.91 Å². The van der Waals surface area contributed by atoms with E-state index < -0.39 is 18.2 Å². The van der Waals surface area contributed by atoms with Crippen molar-refractivity contribution in [2.24, 2.45) is 0 Å². The number of carbonyl (C=O) groups is 3. The third-order valence-corrected chi connectivity index (χ3v) is 5.48. The Labute approximate surface area is 196 Å². The van der Waals surface area contributed by atoms with Gasteiger partial charge in [0.05, 0.1) is 6.54 Å². The smallest absolute Gasteiger partial charge is 0.411 e. The molecule has 1 heterocycles. The van der Waals surface area contributed by atoms with Crippen LogP contribution in [-0.2, 0) is 16.1 Å². The number of amides is 3. The fourth-order valence-corrected chi connectivity index (χ4v) is 3.86. The van der Waals surface area contributed by atoms with Crippen LogP contribution in [0.25, 0.3) is 0 Å². The Balaban J connectivity index is 1.59. The van der Waals surface area contributed by atoms with Crippen LogP contribution in [0.5, 0.6) is 0 Å². The van der Waals surface area contributed by atoms with Gasteiger partial charge in [-0.25, -0.2) is 9.18 Å². The van der Waals surface area contributed by atoms with Crippen LogP contribution < -0.4 is 10.6 Å². The van der Waals surface area contributed by atoms with Crippen LogP contribution in [0.1, 0.15) is 34.5 Å². The first-order valence-electron chi connectivity index (χ1n) is 10.9. The van der Waals surface area contributed by atoms with E-state index >= 15 is 0 Å². The lowest BCUT2D eigenvalue weighted by Crippen LogP contribution is -2.46. The summed E-state index contributed by atoms with van der Waals surface area (Å²) >= 11 is 0. The third-order valence-electron chi connectivity index (χ3n) is 5.48. The molecule has 7 nitrogen and oxygen atoms in total. The second-order valence-electron chi connectivity index (χ2n) is 7.84. The first-order valence-corrected chi connectivity index (χ1v) is 10.9. The van der Waals surface area contributed by atoms with Gasteiger partial charge in [0.25, 0.3) is 5.91 Å². The van der Waals surface area contributed by atoms with Crippen molar-refractivity contribution in [3.63, 3.8) is 0 Å². The topological polar surface area (TPSA) is 87.7 Å².